The Balaban J connectivity index is 2.46. The molecular formula is C11H22N4O2S. The normalized spacial score (nSPS) is 12.9. The van der Waals surface area contributed by atoms with Gasteiger partial charge in [-0.15, -0.1) is 0 Å². The fourth-order valence-electron chi connectivity index (χ4n) is 1.84. The first-order chi connectivity index (χ1) is 8.23. The van der Waals surface area contributed by atoms with Crippen molar-refractivity contribution in [1.29, 1.82) is 0 Å². The van der Waals surface area contributed by atoms with Crippen LogP contribution in [0.25, 0.3) is 0 Å². The SMILES string of the molecule is CCn1nccc1CNCC(C)(C)NS(C)(=O)=O. The average Bonchev–Trinajstić information content (AvgIpc) is 2.61. The third-order valence-corrected chi connectivity index (χ3v) is 3.36. The van der Waals surface area contributed by atoms with Crippen molar-refractivity contribution in [3.05, 3.63) is 18.0 Å². The van der Waals surface area contributed by atoms with Gasteiger partial charge in [0.1, 0.15) is 0 Å². The zero-order chi connectivity index (χ0) is 13.8. The Morgan fingerprint density at radius 2 is 2.11 bits per heavy atom. The minimum atomic E-state index is -3.19. The number of rotatable bonds is 7. The smallest absolute Gasteiger partial charge is 0.209 e. The molecule has 0 amide bonds. The molecule has 2 N–H and O–H groups in total. The summed E-state index contributed by atoms with van der Waals surface area (Å²) in [6.45, 7) is 7.77. The highest BCUT2D eigenvalue weighted by Gasteiger charge is 2.21. The fourth-order valence-corrected chi connectivity index (χ4v) is 2.91. The third-order valence-electron chi connectivity index (χ3n) is 2.44. The zero-order valence-corrected chi connectivity index (χ0v) is 12.2. The van der Waals surface area contributed by atoms with E-state index >= 15 is 0 Å². The largest absolute Gasteiger partial charge is 0.309 e. The molecule has 0 aliphatic rings. The molecule has 0 spiro atoms. The predicted molar refractivity (Wildman–Crippen MR) is 71.7 cm³/mol. The summed E-state index contributed by atoms with van der Waals surface area (Å²) in [6.07, 6.45) is 2.93. The number of hydrogen-bond donors (Lipinski definition) is 2. The van der Waals surface area contributed by atoms with E-state index in [0.29, 0.717) is 13.1 Å². The minimum absolute atomic E-state index is 0.509. The van der Waals surface area contributed by atoms with Crippen LogP contribution in [0.1, 0.15) is 26.5 Å². The number of hydrogen-bond acceptors (Lipinski definition) is 4. The van der Waals surface area contributed by atoms with Crippen LogP contribution in [0.5, 0.6) is 0 Å². The second kappa shape index (κ2) is 5.81. The molecule has 1 aromatic rings. The van der Waals surface area contributed by atoms with Gasteiger partial charge in [0.05, 0.1) is 11.9 Å². The highest BCUT2D eigenvalue weighted by molar-refractivity contribution is 7.88. The van der Waals surface area contributed by atoms with Crippen LogP contribution in [0, 0.1) is 0 Å². The quantitative estimate of drug-likeness (QED) is 0.751. The van der Waals surface area contributed by atoms with Crippen molar-refractivity contribution in [2.45, 2.75) is 39.4 Å². The predicted octanol–water partition coefficient (Wildman–Crippen LogP) is 0.320. The van der Waals surface area contributed by atoms with E-state index in [1.54, 1.807) is 6.20 Å². The van der Waals surface area contributed by atoms with E-state index < -0.39 is 15.6 Å². The summed E-state index contributed by atoms with van der Waals surface area (Å²) in [5, 5.41) is 7.41. The number of aryl methyl sites for hydroxylation is 1. The van der Waals surface area contributed by atoms with Gasteiger partial charge < -0.3 is 5.32 Å². The molecule has 0 unspecified atom stereocenters. The molecule has 6 nitrogen and oxygen atoms in total. The first kappa shape index (κ1) is 15.1. The van der Waals surface area contributed by atoms with Crippen LogP contribution in [0.15, 0.2) is 12.3 Å². The summed E-state index contributed by atoms with van der Waals surface area (Å²) in [6, 6.07) is 1.95. The molecule has 18 heavy (non-hydrogen) atoms. The Morgan fingerprint density at radius 1 is 1.44 bits per heavy atom. The van der Waals surface area contributed by atoms with Crippen LogP contribution < -0.4 is 10.0 Å². The summed E-state index contributed by atoms with van der Waals surface area (Å²) < 4.78 is 26.9. The van der Waals surface area contributed by atoms with Crippen LogP contribution in [-0.4, -0.2) is 36.5 Å². The Labute approximate surface area is 109 Å². The second-order valence-electron chi connectivity index (χ2n) is 5.00. The average molecular weight is 274 g/mol. The summed E-state index contributed by atoms with van der Waals surface area (Å²) in [5.74, 6) is 0. The summed E-state index contributed by atoms with van der Waals surface area (Å²) >= 11 is 0. The molecule has 0 fully saturated rings. The lowest BCUT2D eigenvalue weighted by molar-refractivity contribution is 0.416. The highest BCUT2D eigenvalue weighted by Crippen LogP contribution is 2.03. The molecule has 0 radical (unpaired) electrons. The Morgan fingerprint density at radius 3 is 2.67 bits per heavy atom. The van der Waals surface area contributed by atoms with Crippen molar-refractivity contribution in [2.24, 2.45) is 0 Å². The van der Waals surface area contributed by atoms with Gasteiger partial charge in [-0.1, -0.05) is 0 Å². The van der Waals surface area contributed by atoms with Crippen LogP contribution in [0.2, 0.25) is 0 Å². The van der Waals surface area contributed by atoms with Crippen LogP contribution in [0.4, 0.5) is 0 Å². The van der Waals surface area contributed by atoms with Crippen LogP contribution in [0.3, 0.4) is 0 Å². The van der Waals surface area contributed by atoms with Crippen LogP contribution >= 0.6 is 0 Å². The van der Waals surface area contributed by atoms with Gasteiger partial charge in [-0.05, 0) is 26.8 Å². The van der Waals surface area contributed by atoms with E-state index in [1.165, 1.54) is 6.26 Å². The second-order valence-corrected chi connectivity index (χ2v) is 6.75. The highest BCUT2D eigenvalue weighted by atomic mass is 32.2. The first-order valence-electron chi connectivity index (χ1n) is 5.94. The number of nitrogens with one attached hydrogen (secondary N) is 2. The molecule has 1 rings (SSSR count). The summed E-state index contributed by atoms with van der Waals surface area (Å²) in [7, 11) is -3.19. The van der Waals surface area contributed by atoms with Gasteiger partial charge in [-0.3, -0.25) is 4.68 Å². The Bertz CT molecular complexity index is 479. The molecule has 1 heterocycles. The van der Waals surface area contributed by atoms with Gasteiger partial charge in [-0.25, -0.2) is 13.1 Å². The van der Waals surface area contributed by atoms with Crippen molar-refractivity contribution >= 4 is 10.0 Å². The van der Waals surface area contributed by atoms with Crippen molar-refractivity contribution < 1.29 is 8.42 Å². The molecule has 0 aliphatic heterocycles. The van der Waals surface area contributed by atoms with Crippen LogP contribution in [-0.2, 0) is 23.1 Å². The molecule has 0 aromatic carbocycles. The molecule has 0 bridgehead atoms. The van der Waals surface area contributed by atoms with Gasteiger partial charge in [0.2, 0.25) is 10.0 Å². The van der Waals surface area contributed by atoms with Gasteiger partial charge in [0.15, 0.2) is 0 Å². The van der Waals surface area contributed by atoms with Crippen molar-refractivity contribution in [3.63, 3.8) is 0 Å². The lowest BCUT2D eigenvalue weighted by atomic mass is 10.1. The lowest BCUT2D eigenvalue weighted by Crippen LogP contribution is -2.49. The maximum absolute atomic E-state index is 11.2. The maximum atomic E-state index is 11.2. The van der Waals surface area contributed by atoms with E-state index in [9.17, 15) is 8.42 Å². The summed E-state index contributed by atoms with van der Waals surface area (Å²) in [4.78, 5) is 0. The van der Waals surface area contributed by atoms with E-state index in [4.69, 9.17) is 0 Å². The van der Waals surface area contributed by atoms with Gasteiger partial charge in [-0.2, -0.15) is 5.10 Å². The van der Waals surface area contributed by atoms with Gasteiger partial charge in [0, 0.05) is 31.4 Å². The molecule has 0 atom stereocenters. The van der Waals surface area contributed by atoms with E-state index in [0.717, 1.165) is 12.2 Å². The molecular weight excluding hydrogens is 252 g/mol. The molecule has 0 saturated heterocycles. The molecule has 104 valence electrons. The summed E-state index contributed by atoms with van der Waals surface area (Å²) in [5.41, 5.74) is 0.581. The minimum Gasteiger partial charge on any atom is -0.309 e. The molecule has 0 aliphatic carbocycles. The van der Waals surface area contributed by atoms with Crippen molar-refractivity contribution in [2.75, 3.05) is 12.8 Å². The molecule has 0 saturated carbocycles. The third kappa shape index (κ3) is 5.16. The topological polar surface area (TPSA) is 76.0 Å². The Hall–Kier alpha value is -0.920. The van der Waals surface area contributed by atoms with E-state index in [1.807, 2.05) is 31.5 Å². The number of nitrogens with zero attached hydrogens (tertiary/aromatic N) is 2. The Kier molecular flexibility index (Phi) is 4.89. The standard InChI is InChI=1S/C11H22N4O2S/c1-5-15-10(6-7-13-15)8-12-9-11(2,3)14-18(4,16)17/h6-7,12,14H,5,8-9H2,1-4H3. The first-order valence-corrected chi connectivity index (χ1v) is 7.83. The zero-order valence-electron chi connectivity index (χ0n) is 11.4. The van der Waals surface area contributed by atoms with Crippen molar-refractivity contribution in [1.82, 2.24) is 19.8 Å². The number of sulfonamides is 1. The molecule has 7 heteroatoms. The lowest BCUT2D eigenvalue weighted by Gasteiger charge is -2.25. The van der Waals surface area contributed by atoms with Crippen molar-refractivity contribution in [3.8, 4) is 0 Å². The van der Waals surface area contributed by atoms with E-state index in [-0.39, 0.29) is 0 Å². The van der Waals surface area contributed by atoms with Gasteiger partial charge in [0.25, 0.3) is 0 Å². The van der Waals surface area contributed by atoms with E-state index in [2.05, 4.69) is 15.1 Å². The number of aromatic nitrogens is 2. The fraction of sp³-hybridized carbons (Fsp3) is 0.727. The maximum Gasteiger partial charge on any atom is 0.209 e. The monoisotopic (exact) mass is 274 g/mol. The van der Waals surface area contributed by atoms with Gasteiger partial charge >= 0.3 is 0 Å². The molecule has 1 aromatic heterocycles.